The molecule has 0 amide bonds. The van der Waals surface area contributed by atoms with E-state index in [9.17, 15) is 18.7 Å². The van der Waals surface area contributed by atoms with Crippen molar-refractivity contribution in [3.05, 3.63) is 59.7 Å². The maximum absolute atomic E-state index is 13.8. The number of benzene rings is 1. The lowest BCUT2D eigenvalue weighted by Crippen LogP contribution is -2.26. The summed E-state index contributed by atoms with van der Waals surface area (Å²) < 4.78 is 35.1. The van der Waals surface area contributed by atoms with Gasteiger partial charge in [-0.3, -0.25) is 9.78 Å². The summed E-state index contributed by atoms with van der Waals surface area (Å²) >= 11 is 0. The Morgan fingerprint density at radius 1 is 1.11 bits per heavy atom. The highest BCUT2D eigenvalue weighted by molar-refractivity contribution is 5.95. The van der Waals surface area contributed by atoms with Gasteiger partial charge in [0.2, 0.25) is 5.92 Å². The number of aromatic nitrogens is 3. The molecule has 3 heterocycles. The predicted octanol–water partition coefficient (Wildman–Crippen LogP) is 6.92. The van der Waals surface area contributed by atoms with Crippen molar-refractivity contribution >= 4 is 17.0 Å². The van der Waals surface area contributed by atoms with Gasteiger partial charge in [0.15, 0.2) is 0 Å². The van der Waals surface area contributed by atoms with Crippen LogP contribution < -0.4 is 0 Å². The van der Waals surface area contributed by atoms with Crippen molar-refractivity contribution < 1.29 is 23.2 Å². The molecule has 0 spiro atoms. The summed E-state index contributed by atoms with van der Waals surface area (Å²) in [4.78, 5) is 16.6. The molecule has 2 saturated carbocycles. The minimum atomic E-state index is -2.56. The van der Waals surface area contributed by atoms with Crippen LogP contribution in [0.15, 0.2) is 47.2 Å². The Morgan fingerprint density at radius 3 is 2.41 bits per heavy atom. The Morgan fingerprint density at radius 2 is 1.81 bits per heavy atom. The van der Waals surface area contributed by atoms with E-state index in [4.69, 9.17) is 9.51 Å². The Labute approximate surface area is 213 Å². The number of hydrogen-bond acceptors (Lipinski definition) is 4. The van der Waals surface area contributed by atoms with Crippen LogP contribution in [-0.4, -0.2) is 31.7 Å². The van der Waals surface area contributed by atoms with Crippen LogP contribution in [0.4, 0.5) is 8.78 Å². The molecule has 2 aliphatic carbocycles. The highest BCUT2D eigenvalue weighted by atomic mass is 19.3. The molecule has 192 valence electrons. The van der Waals surface area contributed by atoms with E-state index in [-0.39, 0.29) is 18.8 Å². The van der Waals surface area contributed by atoms with Gasteiger partial charge in [0.05, 0.1) is 22.1 Å². The molecule has 0 bridgehead atoms. The Bertz CT molecular complexity index is 1470. The zero-order valence-corrected chi connectivity index (χ0v) is 20.9. The first kappa shape index (κ1) is 23.8. The third kappa shape index (κ3) is 4.12. The number of fused-ring (bicyclic) bond motifs is 1. The number of pyridine rings is 1. The quantitative estimate of drug-likeness (QED) is 0.308. The minimum absolute atomic E-state index is 0.0703. The lowest BCUT2D eigenvalue weighted by atomic mass is 9.87. The Hall–Kier alpha value is -3.55. The van der Waals surface area contributed by atoms with Crippen LogP contribution in [0.2, 0.25) is 0 Å². The van der Waals surface area contributed by atoms with Gasteiger partial charge in [0, 0.05) is 48.5 Å². The van der Waals surface area contributed by atoms with E-state index in [1.807, 2.05) is 44.3 Å². The highest BCUT2D eigenvalue weighted by Gasteiger charge is 2.51. The van der Waals surface area contributed by atoms with E-state index < -0.39 is 17.3 Å². The number of aliphatic carboxylic acids is 1. The van der Waals surface area contributed by atoms with Crippen molar-refractivity contribution in [1.82, 2.24) is 14.7 Å². The topological polar surface area (TPSA) is 81.2 Å². The molecular weight excluding hydrogens is 476 g/mol. The second-order valence-corrected chi connectivity index (χ2v) is 10.7. The van der Waals surface area contributed by atoms with Gasteiger partial charge < -0.3 is 14.2 Å². The summed E-state index contributed by atoms with van der Waals surface area (Å²) in [6.07, 6.45) is 6.04. The normalized spacial score (nSPS) is 18.8. The zero-order valence-electron chi connectivity index (χ0n) is 20.9. The van der Waals surface area contributed by atoms with Crippen LogP contribution >= 0.6 is 0 Å². The first-order chi connectivity index (χ1) is 17.7. The number of nitrogens with zero attached hydrogens (tertiary/aromatic N) is 3. The van der Waals surface area contributed by atoms with Crippen LogP contribution in [0.1, 0.15) is 55.5 Å². The van der Waals surface area contributed by atoms with Gasteiger partial charge in [-0.05, 0) is 62.6 Å². The molecule has 37 heavy (non-hydrogen) atoms. The maximum atomic E-state index is 13.8. The molecule has 2 aliphatic rings. The molecule has 8 heteroatoms. The SMILES string of the molecule is Cc1noc(C)c1-c1cnc2c(-c3ccc(C4(C(=O)O)CC4)cc3)cn(CC3CCC(F)(F)CC3)c2c1. The van der Waals surface area contributed by atoms with Crippen LogP contribution in [0, 0.1) is 19.8 Å². The third-order valence-electron chi connectivity index (χ3n) is 8.24. The third-order valence-corrected chi connectivity index (χ3v) is 8.24. The first-order valence-electron chi connectivity index (χ1n) is 12.8. The Kier molecular flexibility index (Phi) is 5.47. The lowest BCUT2D eigenvalue weighted by molar-refractivity contribution is -0.140. The molecular formula is C29H29F2N3O3. The fourth-order valence-electron chi connectivity index (χ4n) is 5.84. The van der Waals surface area contributed by atoms with Gasteiger partial charge in [0.25, 0.3) is 0 Å². The molecule has 1 N–H and O–H groups in total. The van der Waals surface area contributed by atoms with Gasteiger partial charge in [-0.25, -0.2) is 8.78 Å². The van der Waals surface area contributed by atoms with E-state index in [1.165, 1.54) is 0 Å². The molecule has 0 aliphatic heterocycles. The fourth-order valence-corrected chi connectivity index (χ4v) is 5.84. The van der Waals surface area contributed by atoms with Crippen molar-refractivity contribution in [2.45, 2.75) is 70.3 Å². The second-order valence-electron chi connectivity index (χ2n) is 10.7. The van der Waals surface area contributed by atoms with Gasteiger partial charge >= 0.3 is 5.97 Å². The average molecular weight is 506 g/mol. The number of alkyl halides is 2. The number of rotatable bonds is 6. The largest absolute Gasteiger partial charge is 0.481 e. The van der Waals surface area contributed by atoms with E-state index >= 15 is 0 Å². The average Bonchev–Trinajstić information content (AvgIpc) is 3.53. The molecule has 6 rings (SSSR count). The second kappa shape index (κ2) is 8.50. The summed E-state index contributed by atoms with van der Waals surface area (Å²) in [6.45, 7) is 4.41. The van der Waals surface area contributed by atoms with Crippen molar-refractivity contribution in [3.63, 3.8) is 0 Å². The van der Waals surface area contributed by atoms with Crippen molar-refractivity contribution in [3.8, 4) is 22.3 Å². The van der Waals surface area contributed by atoms with Gasteiger partial charge in [-0.2, -0.15) is 0 Å². The van der Waals surface area contributed by atoms with E-state index in [0.717, 1.165) is 50.3 Å². The standard InChI is InChI=1S/C29H29F2N3O3/c1-17-25(18(2)37-33-17)21-13-24-26(32-14-21)23(16-34(24)15-19-7-9-29(30,31)10-8-19)20-3-5-22(6-4-20)28(11-12-28)27(35)36/h3-6,13-14,16,19H,7-12,15H2,1-2H3,(H,35,36). The van der Waals surface area contributed by atoms with Gasteiger partial charge in [-0.15, -0.1) is 0 Å². The van der Waals surface area contributed by atoms with Crippen molar-refractivity contribution in [1.29, 1.82) is 0 Å². The summed E-state index contributed by atoms with van der Waals surface area (Å²) in [5.41, 5.74) is 6.30. The number of carboxylic acid groups (broad SMARTS) is 1. The molecule has 4 aromatic rings. The summed E-state index contributed by atoms with van der Waals surface area (Å²) in [5, 5.41) is 13.7. The summed E-state index contributed by atoms with van der Waals surface area (Å²) in [7, 11) is 0. The summed E-state index contributed by atoms with van der Waals surface area (Å²) in [6, 6.07) is 9.81. The number of carbonyl (C=O) groups is 1. The number of aryl methyl sites for hydroxylation is 2. The maximum Gasteiger partial charge on any atom is 0.314 e. The summed E-state index contributed by atoms with van der Waals surface area (Å²) in [5.74, 6) is -2.45. The van der Waals surface area contributed by atoms with Crippen LogP contribution in [0.3, 0.4) is 0 Å². The number of halogens is 2. The smallest absolute Gasteiger partial charge is 0.314 e. The van der Waals surface area contributed by atoms with E-state index in [2.05, 4.69) is 22.0 Å². The predicted molar refractivity (Wildman–Crippen MR) is 136 cm³/mol. The van der Waals surface area contributed by atoms with Crippen LogP contribution in [0.25, 0.3) is 33.3 Å². The van der Waals surface area contributed by atoms with E-state index in [0.29, 0.717) is 32.2 Å². The van der Waals surface area contributed by atoms with Crippen LogP contribution in [-0.2, 0) is 16.8 Å². The molecule has 1 aromatic carbocycles. The minimum Gasteiger partial charge on any atom is -0.481 e. The molecule has 6 nitrogen and oxygen atoms in total. The first-order valence-corrected chi connectivity index (χ1v) is 12.8. The molecule has 0 atom stereocenters. The van der Waals surface area contributed by atoms with E-state index in [1.54, 1.807) is 0 Å². The molecule has 0 saturated heterocycles. The molecule has 0 unspecified atom stereocenters. The van der Waals surface area contributed by atoms with Gasteiger partial charge in [0.1, 0.15) is 5.76 Å². The number of hydrogen-bond donors (Lipinski definition) is 1. The Balaban J connectivity index is 1.41. The molecule has 2 fully saturated rings. The fraction of sp³-hybridized carbons (Fsp3) is 0.414. The van der Waals surface area contributed by atoms with Crippen molar-refractivity contribution in [2.75, 3.05) is 0 Å². The monoisotopic (exact) mass is 505 g/mol. The van der Waals surface area contributed by atoms with Crippen molar-refractivity contribution in [2.24, 2.45) is 5.92 Å². The lowest BCUT2D eigenvalue weighted by Gasteiger charge is -2.28. The van der Waals surface area contributed by atoms with Gasteiger partial charge in [-0.1, -0.05) is 29.4 Å². The number of carboxylic acids is 1. The highest BCUT2D eigenvalue weighted by Crippen LogP contribution is 2.49. The molecule has 0 radical (unpaired) electrons. The van der Waals surface area contributed by atoms with Crippen LogP contribution in [0.5, 0.6) is 0 Å². The molecule has 3 aromatic heterocycles. The zero-order chi connectivity index (χ0) is 25.9.